The van der Waals surface area contributed by atoms with Crippen LogP contribution in [0.5, 0.6) is 0 Å². The van der Waals surface area contributed by atoms with Gasteiger partial charge in [-0.15, -0.1) is 10.2 Å². The SMILES string of the molecule is O=C(CSc1nnc(-c2ccccn2)n1-c1ccccc1Cl)N1CCOCC1. The summed E-state index contributed by atoms with van der Waals surface area (Å²) in [5.41, 5.74) is 1.43. The smallest absolute Gasteiger partial charge is 0.233 e. The second kappa shape index (κ2) is 8.72. The molecule has 9 heteroatoms. The highest BCUT2D eigenvalue weighted by molar-refractivity contribution is 7.99. The monoisotopic (exact) mass is 415 g/mol. The van der Waals surface area contributed by atoms with Crippen molar-refractivity contribution in [3.63, 3.8) is 0 Å². The van der Waals surface area contributed by atoms with Crippen LogP contribution in [0, 0.1) is 0 Å². The third-order valence-corrected chi connectivity index (χ3v) is 5.54. The van der Waals surface area contributed by atoms with E-state index in [-0.39, 0.29) is 11.7 Å². The van der Waals surface area contributed by atoms with Crippen molar-refractivity contribution in [2.45, 2.75) is 5.16 Å². The lowest BCUT2D eigenvalue weighted by atomic mass is 10.3. The number of halogens is 1. The summed E-state index contributed by atoms with van der Waals surface area (Å²) in [6, 6.07) is 13.1. The van der Waals surface area contributed by atoms with E-state index in [0.29, 0.717) is 48.0 Å². The number of pyridine rings is 1. The van der Waals surface area contributed by atoms with E-state index in [1.54, 1.807) is 6.20 Å². The summed E-state index contributed by atoms with van der Waals surface area (Å²) in [5, 5.41) is 9.79. The molecule has 144 valence electrons. The fourth-order valence-corrected chi connectivity index (χ4v) is 3.97. The largest absolute Gasteiger partial charge is 0.378 e. The van der Waals surface area contributed by atoms with E-state index in [2.05, 4.69) is 15.2 Å². The molecule has 1 aliphatic rings. The van der Waals surface area contributed by atoms with E-state index >= 15 is 0 Å². The van der Waals surface area contributed by atoms with E-state index < -0.39 is 0 Å². The predicted octanol–water partition coefficient (Wildman–Crippen LogP) is 2.93. The number of benzene rings is 1. The molecule has 3 aromatic rings. The van der Waals surface area contributed by atoms with Gasteiger partial charge in [-0.25, -0.2) is 0 Å². The van der Waals surface area contributed by atoms with Crippen LogP contribution in [0.4, 0.5) is 0 Å². The Morgan fingerprint density at radius 3 is 2.64 bits per heavy atom. The van der Waals surface area contributed by atoms with E-state index in [9.17, 15) is 4.79 Å². The van der Waals surface area contributed by atoms with Crippen molar-refractivity contribution >= 4 is 29.3 Å². The van der Waals surface area contributed by atoms with Crippen LogP contribution in [0.1, 0.15) is 0 Å². The second-order valence-corrected chi connectivity index (χ2v) is 7.44. The van der Waals surface area contributed by atoms with Gasteiger partial charge in [0.1, 0.15) is 5.69 Å². The molecule has 0 saturated carbocycles. The fraction of sp³-hybridized carbons (Fsp3) is 0.263. The lowest BCUT2D eigenvalue weighted by Crippen LogP contribution is -2.41. The van der Waals surface area contributed by atoms with Gasteiger partial charge >= 0.3 is 0 Å². The molecule has 1 aliphatic heterocycles. The van der Waals surface area contributed by atoms with Crippen LogP contribution in [-0.2, 0) is 9.53 Å². The molecule has 0 unspecified atom stereocenters. The minimum Gasteiger partial charge on any atom is -0.378 e. The molecule has 1 fully saturated rings. The molecule has 3 heterocycles. The molecule has 1 aromatic carbocycles. The number of hydrogen-bond acceptors (Lipinski definition) is 6. The second-order valence-electron chi connectivity index (χ2n) is 6.09. The van der Waals surface area contributed by atoms with Crippen molar-refractivity contribution in [2.75, 3.05) is 32.1 Å². The van der Waals surface area contributed by atoms with Crippen LogP contribution in [-0.4, -0.2) is 62.6 Å². The maximum atomic E-state index is 12.5. The van der Waals surface area contributed by atoms with Gasteiger partial charge < -0.3 is 9.64 Å². The van der Waals surface area contributed by atoms with Crippen molar-refractivity contribution in [3.8, 4) is 17.2 Å². The van der Waals surface area contributed by atoms with Gasteiger partial charge in [-0.2, -0.15) is 0 Å². The zero-order valence-electron chi connectivity index (χ0n) is 15.0. The summed E-state index contributed by atoms with van der Waals surface area (Å²) in [5.74, 6) is 0.904. The van der Waals surface area contributed by atoms with Gasteiger partial charge in [0.05, 0.1) is 29.7 Å². The summed E-state index contributed by atoms with van der Waals surface area (Å²) >= 11 is 7.78. The van der Waals surface area contributed by atoms with E-state index in [1.807, 2.05) is 51.9 Å². The Morgan fingerprint density at radius 2 is 1.89 bits per heavy atom. The Bertz CT molecular complexity index is 960. The topological polar surface area (TPSA) is 73.1 Å². The number of ether oxygens (including phenoxy) is 1. The van der Waals surface area contributed by atoms with Crippen molar-refractivity contribution in [1.29, 1.82) is 0 Å². The van der Waals surface area contributed by atoms with Crippen LogP contribution in [0.3, 0.4) is 0 Å². The molecule has 4 rings (SSSR count). The molecule has 1 saturated heterocycles. The Hall–Kier alpha value is -2.42. The number of morpholine rings is 1. The molecule has 28 heavy (non-hydrogen) atoms. The summed E-state index contributed by atoms with van der Waals surface area (Å²) in [4.78, 5) is 18.7. The highest BCUT2D eigenvalue weighted by atomic mass is 35.5. The van der Waals surface area contributed by atoms with Gasteiger partial charge in [-0.3, -0.25) is 14.3 Å². The predicted molar refractivity (Wildman–Crippen MR) is 108 cm³/mol. The fourth-order valence-electron chi connectivity index (χ4n) is 2.90. The first kappa shape index (κ1) is 18.9. The van der Waals surface area contributed by atoms with Crippen molar-refractivity contribution in [1.82, 2.24) is 24.6 Å². The number of aromatic nitrogens is 4. The van der Waals surface area contributed by atoms with Crippen LogP contribution < -0.4 is 0 Å². The number of carbonyl (C=O) groups is 1. The van der Waals surface area contributed by atoms with Crippen LogP contribution in [0.15, 0.2) is 53.8 Å². The van der Waals surface area contributed by atoms with E-state index in [4.69, 9.17) is 16.3 Å². The van der Waals surface area contributed by atoms with E-state index in [0.717, 1.165) is 5.69 Å². The number of carbonyl (C=O) groups excluding carboxylic acids is 1. The average Bonchev–Trinajstić information content (AvgIpc) is 3.17. The van der Waals surface area contributed by atoms with Gasteiger partial charge in [0.2, 0.25) is 5.91 Å². The molecule has 0 aliphatic carbocycles. The zero-order valence-corrected chi connectivity index (χ0v) is 16.6. The molecule has 0 bridgehead atoms. The summed E-state index contributed by atoms with van der Waals surface area (Å²) in [6.07, 6.45) is 1.70. The Morgan fingerprint density at radius 1 is 1.11 bits per heavy atom. The quantitative estimate of drug-likeness (QED) is 0.596. The number of para-hydroxylation sites is 1. The molecule has 0 radical (unpaired) electrons. The number of hydrogen-bond donors (Lipinski definition) is 0. The van der Waals surface area contributed by atoms with Crippen LogP contribution >= 0.6 is 23.4 Å². The number of amides is 1. The van der Waals surface area contributed by atoms with Gasteiger partial charge in [0, 0.05) is 19.3 Å². The van der Waals surface area contributed by atoms with Crippen LogP contribution in [0.25, 0.3) is 17.2 Å². The number of nitrogens with zero attached hydrogens (tertiary/aromatic N) is 5. The van der Waals surface area contributed by atoms with E-state index in [1.165, 1.54) is 11.8 Å². The first-order valence-electron chi connectivity index (χ1n) is 8.84. The minimum atomic E-state index is 0.0568. The maximum absolute atomic E-state index is 12.5. The third-order valence-electron chi connectivity index (χ3n) is 4.31. The Kier molecular flexibility index (Phi) is 5.90. The van der Waals surface area contributed by atoms with Crippen molar-refractivity contribution in [3.05, 3.63) is 53.7 Å². The molecule has 0 atom stereocenters. The van der Waals surface area contributed by atoms with Gasteiger partial charge in [-0.05, 0) is 24.3 Å². The molecule has 1 amide bonds. The van der Waals surface area contributed by atoms with Crippen molar-refractivity contribution < 1.29 is 9.53 Å². The van der Waals surface area contributed by atoms with Gasteiger partial charge in [0.25, 0.3) is 0 Å². The van der Waals surface area contributed by atoms with Gasteiger partial charge in [-0.1, -0.05) is 41.6 Å². The molecular weight excluding hydrogens is 398 g/mol. The van der Waals surface area contributed by atoms with Crippen LogP contribution in [0.2, 0.25) is 5.02 Å². The first-order chi connectivity index (χ1) is 13.7. The number of rotatable bonds is 5. The third kappa shape index (κ3) is 4.04. The lowest BCUT2D eigenvalue weighted by molar-refractivity contribution is -0.132. The maximum Gasteiger partial charge on any atom is 0.233 e. The molecule has 7 nitrogen and oxygen atoms in total. The lowest BCUT2D eigenvalue weighted by Gasteiger charge is -2.26. The molecule has 0 N–H and O–H groups in total. The first-order valence-corrected chi connectivity index (χ1v) is 10.2. The highest BCUT2D eigenvalue weighted by Crippen LogP contribution is 2.30. The zero-order chi connectivity index (χ0) is 19.3. The number of thioether (sulfide) groups is 1. The molecule has 0 spiro atoms. The Balaban J connectivity index is 1.65. The standard InChI is InChI=1S/C19H18ClN5O2S/c20-14-5-1-2-7-16(14)25-18(15-6-3-4-8-21-15)22-23-19(25)28-13-17(26)24-9-11-27-12-10-24/h1-8H,9-13H2. The normalized spacial score (nSPS) is 14.2. The summed E-state index contributed by atoms with van der Waals surface area (Å²) < 4.78 is 7.16. The van der Waals surface area contributed by atoms with Crippen molar-refractivity contribution in [2.24, 2.45) is 0 Å². The molecular formula is C19H18ClN5O2S. The minimum absolute atomic E-state index is 0.0568. The van der Waals surface area contributed by atoms with Gasteiger partial charge in [0.15, 0.2) is 11.0 Å². The highest BCUT2D eigenvalue weighted by Gasteiger charge is 2.22. The molecule has 2 aromatic heterocycles. The summed E-state index contributed by atoms with van der Waals surface area (Å²) in [6.45, 7) is 2.40. The average molecular weight is 416 g/mol. The summed E-state index contributed by atoms with van der Waals surface area (Å²) in [7, 11) is 0. The Labute approximate surface area is 171 Å².